The molecule has 3 heterocycles. The van der Waals surface area contributed by atoms with Gasteiger partial charge in [-0.05, 0) is 68.2 Å². The topological polar surface area (TPSA) is 32.8 Å². The van der Waals surface area contributed by atoms with Gasteiger partial charge in [-0.3, -0.25) is 9.69 Å². The Morgan fingerprint density at radius 2 is 1.83 bits per heavy atom. The van der Waals surface area contributed by atoms with Gasteiger partial charge < -0.3 is 9.64 Å². The summed E-state index contributed by atoms with van der Waals surface area (Å²) in [6, 6.07) is 9.31. The second kappa shape index (κ2) is 9.92. The highest BCUT2D eigenvalue weighted by atomic mass is 32.1. The Hall–Kier alpha value is -1.92. The summed E-state index contributed by atoms with van der Waals surface area (Å²) >= 11 is 1.75. The van der Waals surface area contributed by atoms with Crippen LogP contribution in [-0.4, -0.2) is 54.0 Å². The largest absolute Gasteiger partial charge is 0.487 e. The summed E-state index contributed by atoms with van der Waals surface area (Å²) in [5.74, 6) is 0.366. The molecule has 2 aliphatic rings. The van der Waals surface area contributed by atoms with Gasteiger partial charge in [-0.15, -0.1) is 11.3 Å². The van der Waals surface area contributed by atoms with Gasteiger partial charge in [0.25, 0.3) is 0 Å². The van der Waals surface area contributed by atoms with Crippen molar-refractivity contribution in [3.8, 4) is 5.75 Å². The summed E-state index contributed by atoms with van der Waals surface area (Å²) in [5.41, 5.74) is 1.30. The minimum atomic E-state index is -0.286. The molecule has 1 aromatic heterocycles. The van der Waals surface area contributed by atoms with E-state index in [1.807, 2.05) is 11.0 Å². The van der Waals surface area contributed by atoms with Crippen LogP contribution in [0.2, 0.25) is 0 Å². The molecule has 2 fully saturated rings. The summed E-state index contributed by atoms with van der Waals surface area (Å²) in [7, 11) is 0. The number of amides is 1. The van der Waals surface area contributed by atoms with Crippen LogP contribution in [0.1, 0.15) is 42.5 Å². The second-order valence-electron chi connectivity index (χ2n) is 8.42. The summed E-state index contributed by atoms with van der Waals surface area (Å²) in [6.07, 6.45) is 5.50. The average molecular weight is 431 g/mol. The van der Waals surface area contributed by atoms with E-state index in [9.17, 15) is 9.18 Å². The summed E-state index contributed by atoms with van der Waals surface area (Å²) < 4.78 is 19.7. The van der Waals surface area contributed by atoms with Crippen LogP contribution in [0.3, 0.4) is 0 Å². The Bertz CT molecular complexity index is 839. The Balaban J connectivity index is 1.18. The van der Waals surface area contributed by atoms with Gasteiger partial charge in [0.15, 0.2) is 11.6 Å². The number of ether oxygens (including phenoxy) is 1. The predicted molar refractivity (Wildman–Crippen MR) is 119 cm³/mol. The first-order chi connectivity index (χ1) is 14.6. The van der Waals surface area contributed by atoms with Gasteiger partial charge in [0.1, 0.15) is 6.10 Å². The summed E-state index contributed by atoms with van der Waals surface area (Å²) in [6.45, 7) is 5.80. The number of hydrogen-bond acceptors (Lipinski definition) is 4. The first kappa shape index (κ1) is 21.3. The van der Waals surface area contributed by atoms with Crippen LogP contribution in [0.15, 0.2) is 35.7 Å². The van der Waals surface area contributed by atoms with Gasteiger partial charge in [-0.25, -0.2) is 4.39 Å². The van der Waals surface area contributed by atoms with Gasteiger partial charge in [0, 0.05) is 43.5 Å². The number of halogens is 1. The van der Waals surface area contributed by atoms with Crippen molar-refractivity contribution < 1.29 is 13.9 Å². The van der Waals surface area contributed by atoms with E-state index in [0.717, 1.165) is 58.3 Å². The maximum absolute atomic E-state index is 13.8. The molecule has 1 amide bonds. The lowest BCUT2D eigenvalue weighted by molar-refractivity contribution is -0.132. The van der Waals surface area contributed by atoms with E-state index in [2.05, 4.69) is 23.3 Å². The van der Waals surface area contributed by atoms with Gasteiger partial charge in [-0.1, -0.05) is 12.1 Å². The van der Waals surface area contributed by atoms with Crippen molar-refractivity contribution in [3.63, 3.8) is 0 Å². The van der Waals surface area contributed by atoms with Crippen LogP contribution in [0.5, 0.6) is 5.75 Å². The maximum Gasteiger partial charge on any atom is 0.222 e. The van der Waals surface area contributed by atoms with Crippen LogP contribution < -0.4 is 4.74 Å². The third-order valence-electron chi connectivity index (χ3n) is 6.47. The molecule has 30 heavy (non-hydrogen) atoms. The van der Waals surface area contributed by atoms with Crippen LogP contribution in [0.25, 0.3) is 0 Å². The number of hydrogen-bond donors (Lipinski definition) is 0. The number of benzene rings is 1. The normalized spacial score (nSPS) is 19.2. The highest BCUT2D eigenvalue weighted by Gasteiger charge is 2.30. The van der Waals surface area contributed by atoms with Gasteiger partial charge in [0.05, 0.1) is 0 Å². The SMILES string of the molecule is Cc1ccsc1CCC(=O)N1CCC(N2CCC(Oc3ccccc3F)CC2)CC1. The van der Waals surface area contributed by atoms with E-state index in [1.54, 1.807) is 23.5 Å². The van der Waals surface area contributed by atoms with Crippen molar-refractivity contribution in [2.45, 2.75) is 57.6 Å². The molecule has 0 spiro atoms. The molecule has 0 unspecified atom stereocenters. The number of carbonyl (C=O) groups is 1. The monoisotopic (exact) mass is 430 g/mol. The molecular formula is C24H31FN2O2S. The number of likely N-dealkylation sites (tertiary alicyclic amines) is 2. The molecular weight excluding hydrogens is 399 g/mol. The Kier molecular flexibility index (Phi) is 7.05. The van der Waals surface area contributed by atoms with E-state index < -0.39 is 0 Å². The Morgan fingerprint density at radius 1 is 1.10 bits per heavy atom. The number of piperidine rings is 2. The Morgan fingerprint density at radius 3 is 2.50 bits per heavy atom. The van der Waals surface area contributed by atoms with Gasteiger partial charge in [-0.2, -0.15) is 0 Å². The minimum absolute atomic E-state index is 0.0838. The average Bonchev–Trinajstić information content (AvgIpc) is 3.19. The van der Waals surface area contributed by atoms with Crippen LogP contribution in [-0.2, 0) is 11.2 Å². The quantitative estimate of drug-likeness (QED) is 0.668. The number of rotatable bonds is 6. The fraction of sp³-hybridized carbons (Fsp3) is 0.542. The fourth-order valence-electron chi connectivity index (χ4n) is 4.60. The third kappa shape index (κ3) is 5.22. The minimum Gasteiger partial charge on any atom is -0.487 e. The molecule has 0 bridgehead atoms. The van der Waals surface area contributed by atoms with Crippen molar-refractivity contribution in [2.75, 3.05) is 26.2 Å². The lowest BCUT2D eigenvalue weighted by Gasteiger charge is -2.41. The molecule has 0 N–H and O–H groups in total. The van der Waals surface area contributed by atoms with Crippen molar-refractivity contribution in [3.05, 3.63) is 52.0 Å². The lowest BCUT2D eigenvalue weighted by atomic mass is 9.98. The highest BCUT2D eigenvalue weighted by Crippen LogP contribution is 2.26. The number of aryl methyl sites for hydroxylation is 2. The molecule has 0 aliphatic carbocycles. The van der Waals surface area contributed by atoms with Crippen molar-refractivity contribution >= 4 is 17.2 Å². The zero-order valence-electron chi connectivity index (χ0n) is 17.7. The molecule has 2 saturated heterocycles. The van der Waals surface area contributed by atoms with Gasteiger partial charge in [0.2, 0.25) is 5.91 Å². The number of para-hydroxylation sites is 1. The molecule has 6 heteroatoms. The zero-order chi connectivity index (χ0) is 20.9. The van der Waals surface area contributed by atoms with Crippen LogP contribution in [0.4, 0.5) is 4.39 Å². The molecule has 2 aliphatic heterocycles. The molecule has 162 valence electrons. The van der Waals surface area contributed by atoms with Crippen LogP contribution in [0, 0.1) is 12.7 Å². The van der Waals surface area contributed by atoms with Crippen LogP contribution >= 0.6 is 11.3 Å². The number of carbonyl (C=O) groups excluding carboxylic acids is 1. The first-order valence-electron chi connectivity index (χ1n) is 11.1. The molecule has 0 saturated carbocycles. The highest BCUT2D eigenvalue weighted by molar-refractivity contribution is 7.10. The van der Waals surface area contributed by atoms with E-state index in [-0.39, 0.29) is 11.9 Å². The molecule has 4 nitrogen and oxygen atoms in total. The van der Waals surface area contributed by atoms with Crippen molar-refractivity contribution in [1.82, 2.24) is 9.80 Å². The maximum atomic E-state index is 13.8. The lowest BCUT2D eigenvalue weighted by Crippen LogP contribution is -2.50. The van der Waals surface area contributed by atoms with E-state index in [0.29, 0.717) is 24.1 Å². The standard InChI is InChI=1S/C24H31FN2O2S/c1-18-12-17-30-23(18)6-7-24(28)27-13-8-19(9-14-27)26-15-10-20(11-16-26)29-22-5-3-2-4-21(22)25/h2-5,12,17,19-20H,6-11,13-16H2,1H3. The smallest absolute Gasteiger partial charge is 0.222 e. The third-order valence-corrected chi connectivity index (χ3v) is 7.56. The van der Waals surface area contributed by atoms with Crippen molar-refractivity contribution in [2.24, 2.45) is 0 Å². The van der Waals surface area contributed by atoms with E-state index in [1.165, 1.54) is 16.5 Å². The van der Waals surface area contributed by atoms with E-state index in [4.69, 9.17) is 4.74 Å². The summed E-state index contributed by atoms with van der Waals surface area (Å²) in [4.78, 5) is 18.5. The second-order valence-corrected chi connectivity index (χ2v) is 9.42. The molecule has 2 aromatic rings. The Labute approximate surface area is 182 Å². The molecule has 0 radical (unpaired) electrons. The number of nitrogens with zero attached hydrogens (tertiary/aromatic N) is 2. The molecule has 0 atom stereocenters. The van der Waals surface area contributed by atoms with E-state index >= 15 is 0 Å². The van der Waals surface area contributed by atoms with Gasteiger partial charge >= 0.3 is 0 Å². The first-order valence-corrected chi connectivity index (χ1v) is 11.9. The fourth-order valence-corrected chi connectivity index (χ4v) is 5.51. The zero-order valence-corrected chi connectivity index (χ0v) is 18.5. The molecule has 1 aromatic carbocycles. The van der Waals surface area contributed by atoms with Crippen molar-refractivity contribution in [1.29, 1.82) is 0 Å². The number of thiophene rings is 1. The molecule has 4 rings (SSSR count). The predicted octanol–water partition coefficient (Wildman–Crippen LogP) is 4.66. The summed E-state index contributed by atoms with van der Waals surface area (Å²) in [5, 5.41) is 2.10.